The van der Waals surface area contributed by atoms with E-state index in [1.54, 1.807) is 7.05 Å². The van der Waals surface area contributed by atoms with Crippen molar-refractivity contribution in [3.05, 3.63) is 35.4 Å². The maximum absolute atomic E-state index is 9.40. The highest BCUT2D eigenvalue weighted by Crippen LogP contribution is 2.31. The highest BCUT2D eigenvalue weighted by atomic mass is 16.5. The minimum absolute atomic E-state index is 0.0124. The number of rotatable bonds is 8. The third-order valence-corrected chi connectivity index (χ3v) is 6.09. The summed E-state index contributed by atoms with van der Waals surface area (Å²) in [5.74, 6) is 0.803. The number of guanidine groups is 1. The lowest BCUT2D eigenvalue weighted by Crippen LogP contribution is -2.44. The molecule has 0 aliphatic carbocycles. The van der Waals surface area contributed by atoms with Crippen LogP contribution in [-0.2, 0) is 17.8 Å². The summed E-state index contributed by atoms with van der Waals surface area (Å²) in [5.41, 5.74) is 2.73. The van der Waals surface area contributed by atoms with Gasteiger partial charge in [-0.25, -0.2) is 0 Å². The molecule has 3 rings (SSSR count). The van der Waals surface area contributed by atoms with E-state index in [1.807, 2.05) is 0 Å². The molecular formula is C22H36N4O2. The molecule has 0 radical (unpaired) electrons. The number of nitrogens with zero attached hydrogens (tertiary/aromatic N) is 2. The number of hydrogen-bond donors (Lipinski definition) is 3. The fourth-order valence-electron chi connectivity index (χ4n) is 4.23. The summed E-state index contributed by atoms with van der Waals surface area (Å²) >= 11 is 0. The van der Waals surface area contributed by atoms with Crippen molar-refractivity contribution < 1.29 is 9.84 Å². The normalized spacial score (nSPS) is 23.7. The fourth-order valence-corrected chi connectivity index (χ4v) is 4.23. The third kappa shape index (κ3) is 5.93. The molecule has 2 aliphatic heterocycles. The molecule has 2 saturated heterocycles. The zero-order valence-electron chi connectivity index (χ0n) is 17.3. The van der Waals surface area contributed by atoms with Gasteiger partial charge < -0.3 is 20.5 Å². The van der Waals surface area contributed by atoms with Crippen molar-refractivity contribution in [1.82, 2.24) is 15.5 Å². The predicted molar refractivity (Wildman–Crippen MR) is 113 cm³/mol. The van der Waals surface area contributed by atoms with Crippen LogP contribution < -0.4 is 10.6 Å². The van der Waals surface area contributed by atoms with Crippen LogP contribution in [-0.4, -0.2) is 62.5 Å². The van der Waals surface area contributed by atoms with Crippen molar-refractivity contribution >= 4 is 5.96 Å². The van der Waals surface area contributed by atoms with Crippen molar-refractivity contribution in [2.45, 2.75) is 45.2 Å². The Morgan fingerprint density at radius 3 is 2.64 bits per heavy atom. The van der Waals surface area contributed by atoms with Crippen molar-refractivity contribution in [3.63, 3.8) is 0 Å². The number of piperidine rings is 1. The topological polar surface area (TPSA) is 69.1 Å². The quantitative estimate of drug-likeness (QED) is 0.470. The molecule has 0 bridgehead atoms. The van der Waals surface area contributed by atoms with E-state index in [2.05, 4.69) is 44.8 Å². The number of benzene rings is 1. The minimum atomic E-state index is 0.0124. The van der Waals surface area contributed by atoms with Crippen molar-refractivity contribution in [2.24, 2.45) is 10.4 Å². The molecule has 2 fully saturated rings. The second-order valence-corrected chi connectivity index (χ2v) is 8.16. The summed E-state index contributed by atoms with van der Waals surface area (Å²) in [6.45, 7) is 6.64. The van der Waals surface area contributed by atoms with Crippen molar-refractivity contribution in [1.29, 1.82) is 0 Å². The van der Waals surface area contributed by atoms with E-state index in [0.717, 1.165) is 45.0 Å². The summed E-state index contributed by atoms with van der Waals surface area (Å²) in [7, 11) is 1.80. The van der Waals surface area contributed by atoms with Gasteiger partial charge >= 0.3 is 0 Å². The molecule has 0 saturated carbocycles. The van der Waals surface area contributed by atoms with Gasteiger partial charge in [0.05, 0.1) is 6.61 Å². The monoisotopic (exact) mass is 388 g/mol. The second-order valence-electron chi connectivity index (χ2n) is 8.16. The predicted octanol–water partition coefficient (Wildman–Crippen LogP) is 2.13. The molecule has 1 aromatic carbocycles. The molecule has 156 valence electrons. The van der Waals surface area contributed by atoms with Crippen molar-refractivity contribution in [2.75, 3.05) is 46.5 Å². The Balaban J connectivity index is 1.53. The Morgan fingerprint density at radius 1 is 1.18 bits per heavy atom. The maximum Gasteiger partial charge on any atom is 0.191 e. The highest BCUT2D eigenvalue weighted by Gasteiger charge is 2.34. The largest absolute Gasteiger partial charge is 0.396 e. The Labute approximate surface area is 169 Å². The number of likely N-dealkylation sites (tertiary alicyclic amines) is 1. The van der Waals surface area contributed by atoms with Crippen LogP contribution >= 0.6 is 0 Å². The van der Waals surface area contributed by atoms with Gasteiger partial charge in [0.2, 0.25) is 0 Å². The van der Waals surface area contributed by atoms with Gasteiger partial charge in [-0.05, 0) is 49.9 Å². The van der Waals surface area contributed by atoms with Gasteiger partial charge in [-0.15, -0.1) is 0 Å². The lowest BCUT2D eigenvalue weighted by Gasteiger charge is -2.28. The summed E-state index contributed by atoms with van der Waals surface area (Å²) < 4.78 is 5.58. The van der Waals surface area contributed by atoms with E-state index in [9.17, 15) is 5.11 Å². The van der Waals surface area contributed by atoms with E-state index in [4.69, 9.17) is 4.74 Å². The average molecular weight is 389 g/mol. The average Bonchev–Trinajstić information content (AvgIpc) is 3.19. The Bertz CT molecular complexity index is 623. The van der Waals surface area contributed by atoms with Gasteiger partial charge in [-0.3, -0.25) is 9.89 Å². The lowest BCUT2D eigenvalue weighted by molar-refractivity contribution is 0.127. The van der Waals surface area contributed by atoms with Crippen LogP contribution in [0.5, 0.6) is 0 Å². The molecule has 28 heavy (non-hydrogen) atoms. The van der Waals surface area contributed by atoms with E-state index >= 15 is 0 Å². The van der Waals surface area contributed by atoms with Crippen LogP contribution in [0.3, 0.4) is 0 Å². The highest BCUT2D eigenvalue weighted by molar-refractivity contribution is 5.79. The molecule has 0 aromatic heterocycles. The first-order chi connectivity index (χ1) is 13.7. The smallest absolute Gasteiger partial charge is 0.191 e. The molecule has 1 atom stereocenters. The minimum Gasteiger partial charge on any atom is -0.396 e. The number of aliphatic imine (C=N–C) groups is 1. The number of aliphatic hydroxyl groups excluding tert-OH is 1. The Morgan fingerprint density at radius 2 is 1.96 bits per heavy atom. The SMILES string of the molecule is CN=C(NCc1ccccc1CN1CCCCC1)NCC1(CCO)CCOC1. The second kappa shape index (κ2) is 10.8. The summed E-state index contributed by atoms with van der Waals surface area (Å²) in [4.78, 5) is 6.94. The molecule has 2 aliphatic rings. The van der Waals surface area contributed by atoms with Gasteiger partial charge in [0, 0.05) is 45.3 Å². The lowest BCUT2D eigenvalue weighted by atomic mass is 9.84. The number of aliphatic hydroxyl groups is 1. The standard InChI is InChI=1S/C22H36N4O2/c1-23-21(25-17-22(9-13-27)10-14-28-18-22)24-15-19-7-3-4-8-20(19)16-26-11-5-2-6-12-26/h3-4,7-8,27H,2,5-6,9-18H2,1H3,(H2,23,24,25). The van der Waals surface area contributed by atoms with E-state index in [0.29, 0.717) is 6.61 Å². The third-order valence-electron chi connectivity index (χ3n) is 6.09. The van der Waals surface area contributed by atoms with Crippen LogP contribution in [0.4, 0.5) is 0 Å². The summed E-state index contributed by atoms with van der Waals surface area (Å²) in [6.07, 6.45) is 5.74. The maximum atomic E-state index is 9.40. The molecule has 1 aromatic rings. The summed E-state index contributed by atoms with van der Waals surface area (Å²) in [6, 6.07) is 8.69. The Hall–Kier alpha value is -1.63. The van der Waals surface area contributed by atoms with E-state index in [-0.39, 0.29) is 12.0 Å². The number of nitrogens with one attached hydrogen (secondary N) is 2. The van der Waals surface area contributed by atoms with E-state index < -0.39 is 0 Å². The van der Waals surface area contributed by atoms with Crippen LogP contribution in [0, 0.1) is 5.41 Å². The fraction of sp³-hybridized carbons (Fsp3) is 0.682. The van der Waals surface area contributed by atoms with Gasteiger partial charge in [-0.2, -0.15) is 0 Å². The molecule has 2 heterocycles. The number of ether oxygens (including phenoxy) is 1. The zero-order valence-corrected chi connectivity index (χ0v) is 17.3. The first-order valence-corrected chi connectivity index (χ1v) is 10.7. The van der Waals surface area contributed by atoms with Crippen LogP contribution in [0.25, 0.3) is 0 Å². The van der Waals surface area contributed by atoms with E-state index in [1.165, 1.54) is 43.5 Å². The Kier molecular flexibility index (Phi) is 8.13. The molecular weight excluding hydrogens is 352 g/mol. The van der Waals surface area contributed by atoms with Gasteiger partial charge in [0.15, 0.2) is 5.96 Å². The van der Waals surface area contributed by atoms with Crippen LogP contribution in [0.15, 0.2) is 29.3 Å². The molecule has 6 heteroatoms. The van der Waals surface area contributed by atoms with Gasteiger partial charge in [-0.1, -0.05) is 30.7 Å². The first kappa shape index (κ1) is 21.1. The zero-order chi connectivity index (χ0) is 19.7. The molecule has 6 nitrogen and oxygen atoms in total. The molecule has 1 unspecified atom stereocenters. The molecule has 3 N–H and O–H groups in total. The van der Waals surface area contributed by atoms with Gasteiger partial charge in [0.1, 0.15) is 0 Å². The van der Waals surface area contributed by atoms with Gasteiger partial charge in [0.25, 0.3) is 0 Å². The molecule has 0 spiro atoms. The molecule has 0 amide bonds. The van der Waals surface area contributed by atoms with Crippen LogP contribution in [0.1, 0.15) is 43.2 Å². The number of hydrogen-bond acceptors (Lipinski definition) is 4. The van der Waals surface area contributed by atoms with Crippen LogP contribution in [0.2, 0.25) is 0 Å². The first-order valence-electron chi connectivity index (χ1n) is 10.7. The van der Waals surface area contributed by atoms with Crippen molar-refractivity contribution in [3.8, 4) is 0 Å². The summed E-state index contributed by atoms with van der Waals surface area (Å²) in [5, 5.41) is 16.3.